The van der Waals surface area contributed by atoms with Crippen LogP contribution in [-0.2, 0) is 79.4 Å². The van der Waals surface area contributed by atoms with E-state index in [1.165, 1.54) is 18.2 Å². The van der Waals surface area contributed by atoms with Gasteiger partial charge < -0.3 is 55.7 Å². The van der Waals surface area contributed by atoms with Crippen LogP contribution < -0.4 is 32.1 Å². The number of nitrogens with zero attached hydrogens (tertiary/aromatic N) is 4. The summed E-state index contributed by atoms with van der Waals surface area (Å²) in [6.07, 6.45) is 4.71. The second-order valence-electron chi connectivity index (χ2n) is 20.8. The van der Waals surface area contributed by atoms with E-state index >= 15 is 4.39 Å². The fourth-order valence-electron chi connectivity index (χ4n) is 11.1. The van der Waals surface area contributed by atoms with Gasteiger partial charge in [-0.3, -0.25) is 48.1 Å². The topological polar surface area (TPSA) is 297 Å². The van der Waals surface area contributed by atoms with Crippen molar-refractivity contribution in [1.29, 1.82) is 0 Å². The Labute approximate surface area is 453 Å². The van der Waals surface area contributed by atoms with Crippen LogP contribution in [0.1, 0.15) is 110 Å². The number of pyridine rings is 2. The molecule has 2 aliphatic carbocycles. The minimum atomic E-state index is -1.85. The number of aromatic nitrogens is 2. The van der Waals surface area contributed by atoms with E-state index in [1.807, 2.05) is 6.92 Å². The zero-order valence-corrected chi connectivity index (χ0v) is 44.2. The summed E-state index contributed by atoms with van der Waals surface area (Å²) >= 11 is 0. The van der Waals surface area contributed by atoms with Gasteiger partial charge in [0.25, 0.3) is 23.3 Å². The molecule has 7 N–H and O–H groups in total. The Hall–Kier alpha value is -7.73. The molecule has 0 saturated heterocycles. The highest BCUT2D eigenvalue weighted by Crippen LogP contribution is 2.49. The number of rotatable bonds is 23. The van der Waals surface area contributed by atoms with Gasteiger partial charge in [-0.25, -0.2) is 9.37 Å². The van der Waals surface area contributed by atoms with Gasteiger partial charge in [-0.15, -0.1) is 0 Å². The fourth-order valence-corrected chi connectivity index (χ4v) is 11.1. The fraction of sp³-hybridized carbons (Fsp3) is 0.464. The maximum absolute atomic E-state index is 15.6. The third-order valence-corrected chi connectivity index (χ3v) is 15.5. The van der Waals surface area contributed by atoms with E-state index in [2.05, 4.69) is 26.6 Å². The molecule has 1 fully saturated rings. The molecule has 2 aromatic carbocycles. The van der Waals surface area contributed by atoms with Gasteiger partial charge in [0, 0.05) is 66.7 Å². The van der Waals surface area contributed by atoms with Crippen molar-refractivity contribution in [2.24, 2.45) is 0 Å². The predicted octanol–water partition coefficient (Wildman–Crippen LogP) is 1.34. The number of halogens is 1. The highest BCUT2D eigenvalue weighted by atomic mass is 19.1. The maximum atomic E-state index is 15.6. The lowest BCUT2D eigenvalue weighted by Crippen LogP contribution is -2.52. The Balaban J connectivity index is 0.785. The Morgan fingerprint density at radius 1 is 0.899 bits per heavy atom. The lowest BCUT2D eigenvalue weighted by Gasteiger charge is -2.38. The number of aryl methyl sites for hydroxylation is 1. The molecule has 23 heteroatoms. The van der Waals surface area contributed by atoms with Gasteiger partial charge in [0.15, 0.2) is 6.29 Å². The second kappa shape index (κ2) is 23.3. The molecule has 3 aliphatic heterocycles. The normalized spacial score (nSPS) is 19.5. The number of benzene rings is 2. The minimum absolute atomic E-state index is 0.0425. The molecular formula is C56H64FN9O13. The first-order chi connectivity index (χ1) is 37.8. The molecule has 1 saturated carbocycles. The highest BCUT2D eigenvalue weighted by Gasteiger charge is 2.54. The molecule has 0 radical (unpaired) electrons. The Kier molecular flexibility index (Phi) is 16.5. The third kappa shape index (κ3) is 11.6. The van der Waals surface area contributed by atoms with E-state index in [-0.39, 0.29) is 74.5 Å². The molecule has 22 nitrogen and oxygen atoms in total. The average molecular weight is 1090 g/mol. The van der Waals surface area contributed by atoms with E-state index in [0.717, 1.165) is 16.0 Å². The van der Waals surface area contributed by atoms with Crippen molar-refractivity contribution >= 4 is 58.2 Å². The Morgan fingerprint density at radius 3 is 2.32 bits per heavy atom. The van der Waals surface area contributed by atoms with Gasteiger partial charge in [0.05, 0.1) is 55.7 Å². The summed E-state index contributed by atoms with van der Waals surface area (Å²) in [5, 5.41) is 35.9. The number of unbranched alkanes of at least 4 members (excludes halogenated alkanes) is 2. The van der Waals surface area contributed by atoms with Crippen LogP contribution in [0.2, 0.25) is 0 Å². The van der Waals surface area contributed by atoms with Crippen molar-refractivity contribution in [2.75, 3.05) is 40.0 Å². The maximum Gasteiger partial charge on any atom is 0.257 e. The van der Waals surface area contributed by atoms with Crippen molar-refractivity contribution in [2.45, 2.75) is 127 Å². The number of carbonyl (C=O) groups is 8. The number of likely N-dealkylation sites (N-methyl/N-ethyl adjacent to an activating group) is 1. The van der Waals surface area contributed by atoms with Crippen LogP contribution in [0, 0.1) is 12.7 Å². The quantitative estimate of drug-likeness (QED) is 0.0276. The number of imide groups is 1. The molecular weight excluding hydrogens is 1030 g/mol. The molecule has 0 spiro atoms. The van der Waals surface area contributed by atoms with Gasteiger partial charge in [-0.05, 0) is 80.2 Å². The van der Waals surface area contributed by atoms with E-state index in [4.69, 9.17) is 14.5 Å². The van der Waals surface area contributed by atoms with Gasteiger partial charge in [-0.2, -0.15) is 0 Å². The lowest BCUT2D eigenvalue weighted by molar-refractivity contribution is -0.238. The molecule has 4 atom stereocenters. The monoisotopic (exact) mass is 1090 g/mol. The predicted molar refractivity (Wildman–Crippen MR) is 280 cm³/mol. The number of amides is 8. The number of nitrogens with one attached hydrogen (secondary N) is 5. The molecule has 5 aliphatic rings. The lowest BCUT2D eigenvalue weighted by atomic mass is 9.81. The number of hydrogen-bond donors (Lipinski definition) is 7. The van der Waals surface area contributed by atoms with Gasteiger partial charge in [0.2, 0.25) is 29.5 Å². The molecule has 0 bridgehead atoms. The molecule has 79 heavy (non-hydrogen) atoms. The van der Waals surface area contributed by atoms with Gasteiger partial charge in [0.1, 0.15) is 29.8 Å². The van der Waals surface area contributed by atoms with Crippen LogP contribution in [-0.4, -0.2) is 135 Å². The zero-order valence-electron chi connectivity index (χ0n) is 44.2. The summed E-state index contributed by atoms with van der Waals surface area (Å²) in [6, 6.07) is 10.1. The number of aliphatic hydroxyl groups is 2. The number of hydrogen-bond acceptors (Lipinski definition) is 14. The molecule has 418 valence electrons. The van der Waals surface area contributed by atoms with Crippen LogP contribution in [0.5, 0.6) is 0 Å². The van der Waals surface area contributed by atoms with E-state index in [0.29, 0.717) is 90.3 Å². The van der Waals surface area contributed by atoms with Crippen molar-refractivity contribution in [3.8, 4) is 11.4 Å². The largest absolute Gasteiger partial charge is 0.380 e. The van der Waals surface area contributed by atoms with Crippen LogP contribution >= 0.6 is 0 Å². The number of ether oxygens (including phenoxy) is 2. The van der Waals surface area contributed by atoms with Gasteiger partial charge in [-0.1, -0.05) is 50.1 Å². The highest BCUT2D eigenvalue weighted by molar-refractivity contribution is 6.12. The number of fused-ring (bicyclic) bond motifs is 5. The van der Waals surface area contributed by atoms with Crippen LogP contribution in [0.25, 0.3) is 22.3 Å². The van der Waals surface area contributed by atoms with Crippen LogP contribution in [0.15, 0.2) is 59.4 Å². The van der Waals surface area contributed by atoms with E-state index in [9.17, 15) is 53.4 Å². The SMILES string of the molecule is CCC[C@]1(O)c2cc3n(c(=O)c2COC1O)Cc1c-3nc2cc(F)c(C)c3c2c1[C@@H](N(C)C(=O)C1(OCNC(=O)CNC(=O)[C@H](Cc2ccccc2)NC(=O)CNC(=O)CNC(=O)CCCCCN2C(=O)C=CC2=O)CC1)CC3. The van der Waals surface area contributed by atoms with Crippen molar-refractivity contribution in [3.05, 3.63) is 110 Å². The summed E-state index contributed by atoms with van der Waals surface area (Å²) in [5.74, 6) is -4.63. The Morgan fingerprint density at radius 2 is 1.59 bits per heavy atom. The smallest absolute Gasteiger partial charge is 0.257 e. The van der Waals surface area contributed by atoms with Gasteiger partial charge >= 0.3 is 0 Å². The molecule has 8 amide bonds. The number of carbonyl (C=O) groups excluding carboxylic acids is 8. The summed E-state index contributed by atoms with van der Waals surface area (Å²) in [4.78, 5) is 124. The summed E-state index contributed by atoms with van der Waals surface area (Å²) in [5.41, 5.74) is 1.38. The van der Waals surface area contributed by atoms with Crippen LogP contribution in [0.4, 0.5) is 4.39 Å². The molecule has 1 unspecified atom stereocenters. The van der Waals surface area contributed by atoms with E-state index in [1.54, 1.807) is 59.8 Å². The minimum Gasteiger partial charge on any atom is -0.380 e. The standard InChI is InChI=1S/C56H64FN9O13/c1-4-18-56(77)36-23-41-50-34(28-66(41)52(74)35(36)29-78-54(56)76)49-40(15-14-33-31(2)37(57)24-38(63-50)48(33)49)64(3)53(75)55(19-20-55)79-30-61-44(69)26-60-51(73)39(22-32-11-7-5-8-12-32)62-45(70)27-59-43(68)25-58-42(67)13-9-6-10-21-65-46(71)16-17-47(65)72/h5,7-8,11-12,16-17,23-24,39-40,54,76-77H,4,6,9-10,13-15,18-22,25-30H2,1-3H3,(H,58,67)(H,59,68)(H,60,73)(H,61,69)(H,62,70)/t39-,40-,54?,56-/m0/s1. The summed E-state index contributed by atoms with van der Waals surface area (Å²) in [6.45, 7) is 1.86. The molecule has 4 aromatic rings. The summed E-state index contributed by atoms with van der Waals surface area (Å²) in [7, 11) is 1.67. The first-order valence-corrected chi connectivity index (χ1v) is 26.6. The van der Waals surface area contributed by atoms with Crippen molar-refractivity contribution < 1.29 is 62.4 Å². The third-order valence-electron chi connectivity index (χ3n) is 15.5. The molecule has 9 rings (SSSR count). The van der Waals surface area contributed by atoms with E-state index < -0.39 is 90.1 Å². The zero-order chi connectivity index (χ0) is 56.3. The first-order valence-electron chi connectivity index (χ1n) is 26.6. The summed E-state index contributed by atoms with van der Waals surface area (Å²) < 4.78 is 28.7. The van der Waals surface area contributed by atoms with Crippen molar-refractivity contribution in [1.82, 2.24) is 45.9 Å². The second-order valence-corrected chi connectivity index (χ2v) is 20.8. The number of aliphatic hydroxyl groups excluding tert-OH is 1. The van der Waals surface area contributed by atoms with Crippen LogP contribution in [0.3, 0.4) is 0 Å². The molecule has 5 heterocycles. The molecule has 2 aromatic heterocycles. The first kappa shape index (κ1) is 56.0. The Bertz CT molecular complexity index is 3220. The average Bonchev–Trinajstić information content (AvgIpc) is 3.43. The van der Waals surface area contributed by atoms with Crippen molar-refractivity contribution in [3.63, 3.8) is 0 Å².